The lowest BCUT2D eigenvalue weighted by molar-refractivity contribution is 0.632. The molecule has 0 amide bonds. The number of hydrogen-bond donors (Lipinski definition) is 1. The second kappa shape index (κ2) is 6.11. The molecule has 1 aliphatic rings. The molecule has 1 N–H and O–H groups in total. The van der Waals surface area contributed by atoms with Crippen LogP contribution >= 0.6 is 12.1 Å². The Labute approximate surface area is 118 Å². The first kappa shape index (κ1) is 13.9. The molecule has 0 radical (unpaired) electrons. The minimum Gasteiger partial charge on any atom is -0.388 e. The molecule has 1 aromatic carbocycles. The maximum atomic E-state index is 12.8. The highest BCUT2D eigenvalue weighted by molar-refractivity contribution is 7.98. The lowest BCUT2D eigenvalue weighted by atomic mass is 9.81. The molecule has 1 nitrogen and oxygen atoms in total. The molecule has 19 heavy (non-hydrogen) atoms. The van der Waals surface area contributed by atoms with E-state index in [1.165, 1.54) is 5.56 Å². The molecular weight excluding hydrogens is 257 g/mol. The molecule has 0 spiro atoms. The van der Waals surface area contributed by atoms with Crippen molar-refractivity contribution in [1.82, 2.24) is 5.32 Å². The van der Waals surface area contributed by atoms with Crippen LogP contribution in [0.4, 0.5) is 3.89 Å². The molecular formula is C16H18FNS. The van der Waals surface area contributed by atoms with Crippen molar-refractivity contribution in [2.45, 2.75) is 12.8 Å². The average Bonchev–Trinajstić information content (AvgIpc) is 2.47. The zero-order valence-corrected chi connectivity index (χ0v) is 12.0. The molecule has 100 valence electrons. The van der Waals surface area contributed by atoms with Crippen LogP contribution in [0.15, 0.2) is 54.0 Å². The van der Waals surface area contributed by atoms with Crippen LogP contribution in [0, 0.1) is 5.92 Å². The van der Waals surface area contributed by atoms with E-state index in [4.69, 9.17) is 0 Å². The van der Waals surface area contributed by atoms with Crippen molar-refractivity contribution in [2.24, 2.45) is 5.92 Å². The zero-order valence-electron chi connectivity index (χ0n) is 11.2. The van der Waals surface area contributed by atoms with E-state index in [9.17, 15) is 3.89 Å². The molecule has 2 unspecified atom stereocenters. The fourth-order valence-electron chi connectivity index (χ4n) is 2.37. The summed E-state index contributed by atoms with van der Waals surface area (Å²) in [5.74, 6) is 0.534. The maximum Gasteiger partial charge on any atom is 0.0808 e. The Morgan fingerprint density at radius 1 is 1.37 bits per heavy atom. The van der Waals surface area contributed by atoms with Gasteiger partial charge in [0.25, 0.3) is 0 Å². The summed E-state index contributed by atoms with van der Waals surface area (Å²) in [4.78, 5) is 0.674. The van der Waals surface area contributed by atoms with E-state index in [1.54, 1.807) is 0 Å². The van der Waals surface area contributed by atoms with E-state index in [1.807, 2.05) is 31.3 Å². The highest BCUT2D eigenvalue weighted by atomic mass is 32.2. The van der Waals surface area contributed by atoms with Crippen molar-refractivity contribution in [1.29, 1.82) is 0 Å². The van der Waals surface area contributed by atoms with Gasteiger partial charge in [0, 0.05) is 29.1 Å². The van der Waals surface area contributed by atoms with Crippen molar-refractivity contribution in [3.63, 3.8) is 0 Å². The lowest BCUT2D eigenvalue weighted by Crippen LogP contribution is -2.13. The summed E-state index contributed by atoms with van der Waals surface area (Å²) < 4.78 is 12.8. The molecule has 2 rings (SSSR count). The molecule has 0 saturated heterocycles. The van der Waals surface area contributed by atoms with Gasteiger partial charge in [-0.1, -0.05) is 49.9 Å². The normalized spacial score (nSPS) is 21.9. The minimum absolute atomic E-state index is 0.185. The molecule has 0 saturated carbocycles. The number of rotatable bonds is 4. The van der Waals surface area contributed by atoms with Crippen LogP contribution in [0.25, 0.3) is 5.70 Å². The summed E-state index contributed by atoms with van der Waals surface area (Å²) in [6, 6.07) is 8.16. The van der Waals surface area contributed by atoms with Crippen LogP contribution in [0.3, 0.4) is 0 Å². The third-order valence-corrected chi connectivity index (χ3v) is 3.96. The lowest BCUT2D eigenvalue weighted by Gasteiger charge is -2.25. The summed E-state index contributed by atoms with van der Waals surface area (Å²) in [7, 11) is 1.86. The van der Waals surface area contributed by atoms with Gasteiger partial charge in [-0.15, -0.1) is 0 Å². The van der Waals surface area contributed by atoms with E-state index in [2.05, 4.69) is 37.0 Å². The van der Waals surface area contributed by atoms with Gasteiger partial charge >= 0.3 is 0 Å². The SMILES string of the molecule is C=C(NC)c1ccccc1C1C=C(SF)C=CC1C. The Morgan fingerprint density at radius 3 is 2.79 bits per heavy atom. The molecule has 0 aromatic heterocycles. The van der Waals surface area contributed by atoms with Crippen molar-refractivity contribution >= 4 is 17.8 Å². The molecule has 1 aromatic rings. The van der Waals surface area contributed by atoms with Crippen LogP contribution in [-0.2, 0) is 0 Å². The molecule has 0 bridgehead atoms. The predicted octanol–water partition coefficient (Wildman–Crippen LogP) is 4.67. The van der Waals surface area contributed by atoms with Gasteiger partial charge in [-0.05, 0) is 17.6 Å². The second-order valence-electron chi connectivity index (χ2n) is 4.71. The van der Waals surface area contributed by atoms with Gasteiger partial charge in [0.2, 0.25) is 0 Å². The zero-order chi connectivity index (χ0) is 13.8. The fourth-order valence-corrected chi connectivity index (χ4v) is 2.70. The van der Waals surface area contributed by atoms with E-state index in [0.29, 0.717) is 23.0 Å². The summed E-state index contributed by atoms with van der Waals surface area (Å²) >= 11 is 0.302. The highest BCUT2D eigenvalue weighted by Crippen LogP contribution is 2.38. The molecule has 2 atom stereocenters. The molecule has 0 fully saturated rings. The average molecular weight is 275 g/mol. The number of hydrogen-bond acceptors (Lipinski definition) is 2. The van der Waals surface area contributed by atoms with Gasteiger partial charge in [-0.3, -0.25) is 0 Å². The van der Waals surface area contributed by atoms with Crippen LogP contribution in [0.2, 0.25) is 0 Å². The van der Waals surface area contributed by atoms with Crippen molar-refractivity contribution < 1.29 is 3.89 Å². The van der Waals surface area contributed by atoms with Gasteiger partial charge < -0.3 is 5.32 Å². The smallest absolute Gasteiger partial charge is 0.0808 e. The van der Waals surface area contributed by atoms with Crippen molar-refractivity contribution in [3.8, 4) is 0 Å². The van der Waals surface area contributed by atoms with Gasteiger partial charge in [0.1, 0.15) is 0 Å². The van der Waals surface area contributed by atoms with Crippen LogP contribution in [0.5, 0.6) is 0 Å². The summed E-state index contributed by atoms with van der Waals surface area (Å²) in [5, 5.41) is 3.09. The Hall–Kier alpha value is -1.48. The van der Waals surface area contributed by atoms with Crippen LogP contribution in [-0.4, -0.2) is 7.05 Å². The largest absolute Gasteiger partial charge is 0.388 e. The van der Waals surface area contributed by atoms with E-state index in [0.717, 1.165) is 11.3 Å². The summed E-state index contributed by atoms with van der Waals surface area (Å²) in [6.45, 7) is 6.18. The topological polar surface area (TPSA) is 12.0 Å². The third kappa shape index (κ3) is 2.92. The van der Waals surface area contributed by atoms with Crippen molar-refractivity contribution in [2.75, 3.05) is 7.05 Å². The minimum atomic E-state index is 0.185. The first-order valence-corrected chi connectivity index (χ1v) is 7.03. The van der Waals surface area contributed by atoms with E-state index in [-0.39, 0.29) is 5.92 Å². The summed E-state index contributed by atoms with van der Waals surface area (Å²) in [5.41, 5.74) is 3.17. The maximum absolute atomic E-state index is 12.8. The number of benzene rings is 1. The fraction of sp³-hybridized carbons (Fsp3) is 0.250. The number of allylic oxidation sites excluding steroid dienone is 3. The predicted molar refractivity (Wildman–Crippen MR) is 82.4 cm³/mol. The molecule has 0 heterocycles. The highest BCUT2D eigenvalue weighted by Gasteiger charge is 2.22. The Bertz CT molecular complexity index is 533. The first-order valence-electron chi connectivity index (χ1n) is 6.32. The van der Waals surface area contributed by atoms with Crippen molar-refractivity contribution in [3.05, 3.63) is 65.1 Å². The van der Waals surface area contributed by atoms with E-state index >= 15 is 0 Å². The van der Waals surface area contributed by atoms with Crippen LogP contribution < -0.4 is 5.32 Å². The Kier molecular flexibility index (Phi) is 4.48. The summed E-state index contributed by atoms with van der Waals surface area (Å²) in [6.07, 6.45) is 5.91. The van der Waals surface area contributed by atoms with Gasteiger partial charge in [0.15, 0.2) is 0 Å². The Morgan fingerprint density at radius 2 is 2.11 bits per heavy atom. The van der Waals surface area contributed by atoms with Gasteiger partial charge in [-0.2, -0.15) is 3.89 Å². The number of nitrogens with one attached hydrogen (secondary N) is 1. The molecule has 1 aliphatic carbocycles. The Balaban J connectivity index is 2.44. The van der Waals surface area contributed by atoms with Crippen LogP contribution in [0.1, 0.15) is 24.0 Å². The molecule has 3 heteroatoms. The monoisotopic (exact) mass is 275 g/mol. The first-order chi connectivity index (χ1) is 9.17. The quantitative estimate of drug-likeness (QED) is 0.857. The number of halogens is 1. The standard InChI is InChI=1S/C16H18FNS/c1-11-8-9-13(19-17)10-16(11)15-7-5-4-6-14(15)12(2)18-3/h4-11,16,18H,2H2,1,3H3. The van der Waals surface area contributed by atoms with Gasteiger partial charge in [-0.25, -0.2) is 0 Å². The molecule has 0 aliphatic heterocycles. The second-order valence-corrected chi connectivity index (χ2v) is 5.33. The van der Waals surface area contributed by atoms with E-state index < -0.39 is 0 Å². The third-order valence-electron chi connectivity index (χ3n) is 3.51. The van der Waals surface area contributed by atoms with Gasteiger partial charge in [0.05, 0.1) is 12.1 Å².